The fourth-order valence-corrected chi connectivity index (χ4v) is 11.2. The number of H-pyrrole nitrogens is 4. The number of hydrogen-bond donors (Lipinski definition) is 4. The van der Waals surface area contributed by atoms with E-state index in [1.54, 1.807) is 67.6 Å². The van der Waals surface area contributed by atoms with Crippen LogP contribution in [0.15, 0.2) is 128 Å². The molecule has 2 aliphatic heterocycles. The van der Waals surface area contributed by atoms with Crippen molar-refractivity contribution < 1.29 is 8.78 Å². The zero-order valence-electron chi connectivity index (χ0n) is 45.6. The largest absolute Gasteiger partial charge is 0.335 e. The van der Waals surface area contributed by atoms with Crippen LogP contribution in [0.1, 0.15) is 69.1 Å². The van der Waals surface area contributed by atoms with Gasteiger partial charge in [-0.3, -0.25) is 30.1 Å². The number of imidazole rings is 2. The van der Waals surface area contributed by atoms with E-state index in [2.05, 4.69) is 88.3 Å². The maximum atomic E-state index is 14.8. The highest BCUT2D eigenvalue weighted by molar-refractivity contribution is 5.98. The molecule has 16 nitrogen and oxygen atoms in total. The predicted molar refractivity (Wildman–Crippen MR) is 315 cm³/mol. The molecule has 12 heterocycles. The second-order valence-corrected chi connectivity index (χ2v) is 20.6. The molecule has 0 radical (unpaired) electrons. The van der Waals surface area contributed by atoms with Crippen molar-refractivity contribution >= 4 is 44.1 Å². The summed E-state index contributed by atoms with van der Waals surface area (Å²) >= 11 is 0. The molecule has 12 aromatic rings. The molecule has 2 aliphatic rings. The van der Waals surface area contributed by atoms with Crippen molar-refractivity contribution in [1.82, 2.24) is 80.0 Å². The Hall–Kier alpha value is -9.00. The van der Waals surface area contributed by atoms with Gasteiger partial charge in [0.05, 0.1) is 45.8 Å². The Bertz CT molecular complexity index is 4130. The Morgan fingerprint density at radius 2 is 0.988 bits per heavy atom. The van der Waals surface area contributed by atoms with Crippen molar-refractivity contribution in [1.29, 1.82) is 0 Å². The van der Waals surface area contributed by atoms with Crippen LogP contribution in [0.3, 0.4) is 0 Å². The van der Waals surface area contributed by atoms with Gasteiger partial charge in [0.2, 0.25) is 0 Å². The number of nitrogens with zero attached hydrogens (tertiary/aromatic N) is 12. The first-order valence-electron chi connectivity index (χ1n) is 28.1. The Kier molecular flexibility index (Phi) is 15.5. The third-order valence-corrected chi connectivity index (χ3v) is 15.1. The molecule has 81 heavy (non-hydrogen) atoms. The van der Waals surface area contributed by atoms with Gasteiger partial charge in [-0.2, -0.15) is 10.2 Å². The van der Waals surface area contributed by atoms with Crippen LogP contribution in [-0.2, 0) is 12.8 Å². The van der Waals surface area contributed by atoms with E-state index in [0.717, 1.165) is 133 Å². The monoisotopic (exact) mass is 1080 g/mol. The summed E-state index contributed by atoms with van der Waals surface area (Å²) < 4.78 is 29.5. The van der Waals surface area contributed by atoms with Crippen LogP contribution in [-0.4, -0.2) is 119 Å². The van der Waals surface area contributed by atoms with Crippen molar-refractivity contribution in [2.45, 2.75) is 72.1 Å². The molecule has 0 spiro atoms. The van der Waals surface area contributed by atoms with Crippen LogP contribution < -0.4 is 0 Å². The Labute approximate surface area is 467 Å². The smallest absolute Gasteiger partial charge is 0.178 e. The molecule has 408 valence electrons. The van der Waals surface area contributed by atoms with Gasteiger partial charge in [0.15, 0.2) is 22.9 Å². The van der Waals surface area contributed by atoms with Gasteiger partial charge in [0, 0.05) is 70.2 Å². The van der Waals surface area contributed by atoms with E-state index in [1.807, 2.05) is 63.4 Å². The van der Waals surface area contributed by atoms with Gasteiger partial charge in [-0.15, -0.1) is 0 Å². The van der Waals surface area contributed by atoms with E-state index >= 15 is 0 Å². The molecule has 2 aromatic carbocycles. The minimum Gasteiger partial charge on any atom is -0.335 e. The number of fused-ring (bicyclic) bond motifs is 4. The van der Waals surface area contributed by atoms with Crippen molar-refractivity contribution in [3.8, 4) is 67.8 Å². The summed E-state index contributed by atoms with van der Waals surface area (Å²) in [6.45, 7) is 12.8. The van der Waals surface area contributed by atoms with Crippen LogP contribution >= 0.6 is 0 Å². The normalized spacial score (nSPS) is 13.8. The minimum absolute atomic E-state index is 0.234. The number of halogens is 2. The molecule has 14 rings (SSSR count). The average molecular weight is 1080 g/mol. The van der Waals surface area contributed by atoms with E-state index in [4.69, 9.17) is 9.97 Å². The molecule has 0 unspecified atom stereocenters. The van der Waals surface area contributed by atoms with Crippen LogP contribution in [0, 0.1) is 18.6 Å². The van der Waals surface area contributed by atoms with Gasteiger partial charge >= 0.3 is 0 Å². The highest BCUT2D eigenvalue weighted by Gasteiger charge is 2.21. The van der Waals surface area contributed by atoms with Gasteiger partial charge in [-0.25, -0.2) is 28.7 Å². The number of aryl methyl sites for hydroxylation is 3. The van der Waals surface area contributed by atoms with Crippen LogP contribution in [0.5, 0.6) is 0 Å². The maximum Gasteiger partial charge on any atom is 0.178 e. The molecule has 18 heteroatoms. The number of aromatic nitrogens is 14. The topological polar surface area (TPSA) is 199 Å². The maximum absolute atomic E-state index is 14.8. The summed E-state index contributed by atoms with van der Waals surface area (Å²) in [7, 11) is 0. The number of benzene rings is 2. The molecular formula is C63H62F2N16. The third-order valence-electron chi connectivity index (χ3n) is 15.1. The highest BCUT2D eigenvalue weighted by atomic mass is 19.1. The van der Waals surface area contributed by atoms with E-state index in [9.17, 15) is 8.78 Å². The van der Waals surface area contributed by atoms with Gasteiger partial charge < -0.3 is 19.8 Å². The SMILES string of the molecule is CC.Cc1cncc(-c2cc3c(-c4nc5nccc(-c6cc(F)cc(CCCN7CCCC7)c6)c5[nH]4)n[nH]c3cn2)c1.Fc1cc(CCCN2CCCC2)cc(-c2ccnc3nc(-c4n[nH]c5cnc(-c6ccncc6)cc45)[nH]c23)c1. The fraction of sp³-hybridized carbons (Fsp3) is 0.270. The van der Waals surface area contributed by atoms with Crippen LogP contribution in [0.25, 0.3) is 112 Å². The molecule has 2 fully saturated rings. The number of aromatic amines is 4. The van der Waals surface area contributed by atoms with Crippen LogP contribution in [0.4, 0.5) is 8.78 Å². The first-order chi connectivity index (χ1) is 39.8. The summed E-state index contributed by atoms with van der Waals surface area (Å²) in [4.78, 5) is 47.9. The summed E-state index contributed by atoms with van der Waals surface area (Å²) in [5.41, 5.74) is 15.5. The Morgan fingerprint density at radius 1 is 0.494 bits per heavy atom. The van der Waals surface area contributed by atoms with Crippen molar-refractivity contribution in [3.05, 3.63) is 157 Å². The lowest BCUT2D eigenvalue weighted by atomic mass is 10.0. The first-order valence-corrected chi connectivity index (χ1v) is 28.1. The number of rotatable bonds is 14. The van der Waals surface area contributed by atoms with E-state index in [0.29, 0.717) is 34.3 Å². The van der Waals surface area contributed by atoms with Gasteiger partial charge in [-0.1, -0.05) is 26.0 Å². The highest BCUT2D eigenvalue weighted by Crippen LogP contribution is 2.35. The lowest BCUT2D eigenvalue weighted by molar-refractivity contribution is 0.334. The Balaban J connectivity index is 0.000000156. The lowest BCUT2D eigenvalue weighted by Gasteiger charge is -2.14. The quantitative estimate of drug-likeness (QED) is 0.0805. The zero-order valence-corrected chi connectivity index (χ0v) is 45.6. The molecular weight excluding hydrogens is 1020 g/mol. The second kappa shape index (κ2) is 23.8. The third kappa shape index (κ3) is 11.6. The van der Waals surface area contributed by atoms with Gasteiger partial charge in [0.1, 0.15) is 23.0 Å². The number of pyridine rings is 6. The molecule has 4 N–H and O–H groups in total. The van der Waals surface area contributed by atoms with Crippen LogP contribution in [0.2, 0.25) is 0 Å². The van der Waals surface area contributed by atoms with Crippen molar-refractivity contribution in [3.63, 3.8) is 0 Å². The molecule has 0 amide bonds. The van der Waals surface area contributed by atoms with E-state index < -0.39 is 0 Å². The molecule has 0 atom stereocenters. The number of hydrogen-bond acceptors (Lipinski definition) is 12. The summed E-state index contributed by atoms with van der Waals surface area (Å²) in [6.07, 6.45) is 22.9. The summed E-state index contributed by atoms with van der Waals surface area (Å²) in [6, 6.07) is 24.3. The molecule has 0 bridgehead atoms. The lowest BCUT2D eigenvalue weighted by Crippen LogP contribution is -2.20. The van der Waals surface area contributed by atoms with Gasteiger partial charge in [-0.05, 0) is 192 Å². The number of likely N-dealkylation sites (tertiary alicyclic amines) is 2. The molecule has 2 saturated heterocycles. The van der Waals surface area contributed by atoms with E-state index in [1.165, 1.54) is 51.9 Å². The Morgan fingerprint density at radius 3 is 1.48 bits per heavy atom. The molecule has 0 aliphatic carbocycles. The zero-order chi connectivity index (χ0) is 55.2. The van der Waals surface area contributed by atoms with Crippen molar-refractivity contribution in [2.75, 3.05) is 39.3 Å². The fourth-order valence-electron chi connectivity index (χ4n) is 11.2. The molecule has 10 aromatic heterocycles. The summed E-state index contributed by atoms with van der Waals surface area (Å²) in [5, 5.41) is 17.0. The average Bonchev–Trinajstić information content (AvgIpc) is 4.56. The predicted octanol–water partition coefficient (Wildman–Crippen LogP) is 12.9. The van der Waals surface area contributed by atoms with Gasteiger partial charge in [0.25, 0.3) is 0 Å². The molecule has 0 saturated carbocycles. The number of nitrogens with one attached hydrogen (secondary N) is 4. The first kappa shape index (κ1) is 52.7. The van der Waals surface area contributed by atoms with Crippen molar-refractivity contribution in [2.24, 2.45) is 0 Å². The standard InChI is InChI=1S/C31H29FN8.C30H27FN8.C2H6/c1-19-11-22(17-33-16-19)26-15-25-27(18-35-26)38-39-29(25)31-36-28-24(6-7-34-30(28)37-31)21-12-20(13-23(32)14-21)5-4-10-40-8-2-3-9-40;31-22-15-19(4-3-13-39-11-1-2-12-39)14-21(16-22)23-7-10-33-29-27(23)35-30(36-29)28-24-17-25(20-5-8-32-9-6-20)34-18-26(24)37-38-28;1-2/h6-7,11-18H,2-5,8-10H2,1H3,(H,38,39)(H,34,36,37);5-10,14-18H,1-4,11-13H2,(H,37,38)(H,33,35,36);1-2H3. The van der Waals surface area contributed by atoms with E-state index in [-0.39, 0.29) is 11.6 Å². The minimum atomic E-state index is -0.234. The second-order valence-electron chi connectivity index (χ2n) is 20.6. The summed E-state index contributed by atoms with van der Waals surface area (Å²) in [5.74, 6) is 0.707.